The molecule has 0 aliphatic carbocycles. The molecule has 426 valence electrons. The van der Waals surface area contributed by atoms with Gasteiger partial charge in [0, 0.05) is 11.6 Å². The van der Waals surface area contributed by atoms with Crippen LogP contribution in [0.2, 0.25) is 0 Å². The standard InChI is InChI=1S/C32H12BF24.C17H14N3O3/c34-25(35,36)13-1-14(26(37,38)39)6-21(5-13)33(22-7-15(27(40,41)42)2-16(8-22)28(43,44)45,23-9-17(29(46,47)48)3-18(10-23)30(49,50)51)24-11-19(31(52,53)54)4-20(12-24)32(55,56)57;21-20(22)15-7-4-8-16(11-15)23-17-13-19(10-9-18-17)12-14-5-2-1-3-6-14/h1-12H;1-11,13H,12H2/q-1;+1. The van der Waals surface area contributed by atoms with E-state index in [1.807, 2.05) is 41.1 Å². The van der Waals surface area contributed by atoms with Crippen LogP contribution in [0.15, 0.2) is 146 Å². The first-order chi connectivity index (χ1) is 36.5. The third-order valence-electron chi connectivity index (χ3n) is 11.6. The van der Waals surface area contributed by atoms with Gasteiger partial charge in [0.2, 0.25) is 6.20 Å². The monoisotopic (exact) mass is 1170 g/mol. The van der Waals surface area contributed by atoms with Crippen molar-refractivity contribution in [1.29, 1.82) is 0 Å². The second-order valence-electron chi connectivity index (χ2n) is 17.1. The summed E-state index contributed by atoms with van der Waals surface area (Å²) in [6, 6.07) is 7.22. The van der Waals surface area contributed by atoms with Crippen LogP contribution in [0.3, 0.4) is 0 Å². The number of hydrogen-bond donors (Lipinski definition) is 0. The second kappa shape index (κ2) is 21.6. The van der Waals surface area contributed by atoms with Crippen LogP contribution in [-0.4, -0.2) is 16.1 Å². The van der Waals surface area contributed by atoms with Crippen molar-refractivity contribution in [3.8, 4) is 11.6 Å². The van der Waals surface area contributed by atoms with Crippen LogP contribution in [0, 0.1) is 10.1 Å². The summed E-state index contributed by atoms with van der Waals surface area (Å²) in [7, 11) is 0. The van der Waals surface area contributed by atoms with E-state index in [9.17, 15) is 115 Å². The minimum atomic E-state index is -6.13. The molecular weight excluding hydrogens is 1150 g/mol. The first kappa shape index (κ1) is 61.2. The van der Waals surface area contributed by atoms with Crippen molar-refractivity contribution in [3.63, 3.8) is 0 Å². The first-order valence-electron chi connectivity index (χ1n) is 21.6. The number of nitro benzene ring substituents is 1. The maximum absolute atomic E-state index is 14.2. The van der Waals surface area contributed by atoms with Gasteiger partial charge in [0.1, 0.15) is 11.9 Å². The normalized spacial score (nSPS) is 13.2. The molecule has 0 aliphatic rings. The van der Waals surface area contributed by atoms with E-state index in [2.05, 4.69) is 4.98 Å². The van der Waals surface area contributed by atoms with Gasteiger partial charge in [0.25, 0.3) is 11.6 Å². The van der Waals surface area contributed by atoms with E-state index in [1.165, 1.54) is 12.1 Å². The number of aromatic nitrogens is 2. The average Bonchev–Trinajstić information content (AvgIpc) is 3.32. The summed E-state index contributed by atoms with van der Waals surface area (Å²) in [5.41, 5.74) is -29.1. The molecule has 7 aromatic rings. The molecule has 7 rings (SSSR count). The second-order valence-corrected chi connectivity index (χ2v) is 17.1. The number of alkyl halides is 24. The SMILES string of the molecule is FC(F)(F)c1cc([B-](c2cc(C(F)(F)F)cc(C(F)(F)F)c2)(c2cc(C(F)(F)F)cc(C(F)(F)F)c2)c2cc(C(F)(F)F)cc(C(F)(F)F)c2)cc(C(F)(F)F)c1.O=[N+]([O-])c1cccc(Oc2c[n+](Cc3ccccc3)ccn2)c1. The zero-order valence-corrected chi connectivity index (χ0v) is 38.8. The van der Waals surface area contributed by atoms with E-state index < -0.39 is 200 Å². The Morgan fingerprint density at radius 1 is 0.425 bits per heavy atom. The van der Waals surface area contributed by atoms with E-state index in [-0.39, 0.29) is 5.69 Å². The van der Waals surface area contributed by atoms with Crippen LogP contribution < -0.4 is 31.2 Å². The fraction of sp³-hybridized carbons (Fsp3) is 0.184. The minimum Gasteiger partial charge on any atom is -0.434 e. The number of non-ortho nitro benzene ring substituents is 1. The van der Waals surface area contributed by atoms with Crippen molar-refractivity contribution in [2.24, 2.45) is 0 Å². The van der Waals surface area contributed by atoms with E-state index in [0.717, 1.165) is 5.56 Å². The zero-order chi connectivity index (χ0) is 60.0. The molecule has 0 spiro atoms. The Bertz CT molecular complexity index is 2940. The van der Waals surface area contributed by atoms with Crippen molar-refractivity contribution in [2.75, 3.05) is 0 Å². The van der Waals surface area contributed by atoms with Crippen LogP contribution >= 0.6 is 0 Å². The lowest BCUT2D eigenvalue weighted by atomic mass is 9.12. The summed E-state index contributed by atoms with van der Waals surface area (Å²) in [5.74, 6) is 0.757. The molecule has 6 nitrogen and oxygen atoms in total. The number of nitrogens with zero attached hydrogens (tertiary/aromatic N) is 3. The smallest absolute Gasteiger partial charge is 0.416 e. The lowest BCUT2D eigenvalue weighted by Gasteiger charge is -2.46. The molecule has 6 aromatic carbocycles. The molecule has 0 fully saturated rings. The summed E-state index contributed by atoms with van der Waals surface area (Å²) in [6.07, 6.45) is -49.6. The number of benzene rings is 6. The molecule has 31 heteroatoms. The Balaban J connectivity index is 0.000000370. The fourth-order valence-corrected chi connectivity index (χ4v) is 8.21. The maximum Gasteiger partial charge on any atom is 0.416 e. The summed E-state index contributed by atoms with van der Waals surface area (Å²) >= 11 is 0. The van der Waals surface area contributed by atoms with Crippen molar-refractivity contribution in [1.82, 2.24) is 4.98 Å². The fourth-order valence-electron chi connectivity index (χ4n) is 8.21. The van der Waals surface area contributed by atoms with Crippen molar-refractivity contribution in [3.05, 3.63) is 206 Å². The van der Waals surface area contributed by atoms with Crippen molar-refractivity contribution < 1.29 is 120 Å². The Kier molecular flexibility index (Phi) is 16.5. The van der Waals surface area contributed by atoms with Gasteiger partial charge in [0.05, 0.1) is 61.7 Å². The van der Waals surface area contributed by atoms with Gasteiger partial charge in [-0.15, -0.1) is 0 Å². The molecular formula is C49H26BF24N3O3. The molecule has 0 saturated carbocycles. The van der Waals surface area contributed by atoms with E-state index in [4.69, 9.17) is 4.74 Å². The third kappa shape index (κ3) is 14.4. The van der Waals surface area contributed by atoms with Crippen LogP contribution in [0.4, 0.5) is 111 Å². The Morgan fingerprint density at radius 3 is 1.02 bits per heavy atom. The lowest BCUT2D eigenvalue weighted by Crippen LogP contribution is -2.75. The number of hydrogen-bond acceptors (Lipinski definition) is 4. The zero-order valence-electron chi connectivity index (χ0n) is 38.8. The molecule has 0 aliphatic heterocycles. The van der Waals surface area contributed by atoms with Gasteiger partial charge < -0.3 is 4.74 Å². The summed E-state index contributed by atoms with van der Waals surface area (Å²) in [4.78, 5) is 14.5. The van der Waals surface area contributed by atoms with Gasteiger partial charge in [-0.25, -0.2) is 4.98 Å². The maximum atomic E-state index is 14.2. The average molecular weight is 1170 g/mol. The predicted octanol–water partition coefficient (Wildman–Crippen LogP) is 14.3. The topological polar surface area (TPSA) is 69.1 Å². The molecule has 0 radical (unpaired) electrons. The van der Waals surface area contributed by atoms with Gasteiger partial charge in [-0.3, -0.25) is 10.1 Å². The largest absolute Gasteiger partial charge is 0.434 e. The quantitative estimate of drug-likeness (QED) is 0.0475. The molecule has 80 heavy (non-hydrogen) atoms. The Hall–Kier alpha value is -8.02. The third-order valence-corrected chi connectivity index (χ3v) is 11.6. The van der Waals surface area contributed by atoms with E-state index in [1.54, 1.807) is 24.5 Å². The highest BCUT2D eigenvalue weighted by Gasteiger charge is 2.47. The van der Waals surface area contributed by atoms with E-state index in [0.29, 0.717) is 18.2 Å². The van der Waals surface area contributed by atoms with Gasteiger partial charge in [0.15, 0.2) is 12.7 Å². The van der Waals surface area contributed by atoms with Crippen molar-refractivity contribution >= 4 is 33.7 Å². The Morgan fingerprint density at radius 2 is 0.738 bits per heavy atom. The summed E-state index contributed by atoms with van der Waals surface area (Å²) in [5, 5.41) is 10.8. The lowest BCUT2D eigenvalue weighted by molar-refractivity contribution is -0.689. The molecule has 0 unspecified atom stereocenters. The number of rotatable bonds is 9. The predicted molar refractivity (Wildman–Crippen MR) is 233 cm³/mol. The summed E-state index contributed by atoms with van der Waals surface area (Å²) in [6.45, 7) is 0.689. The molecule has 0 saturated heterocycles. The molecule has 1 heterocycles. The number of halogens is 24. The molecule has 1 aromatic heterocycles. The minimum absolute atomic E-state index is 0.0180. The van der Waals surface area contributed by atoms with E-state index >= 15 is 0 Å². The van der Waals surface area contributed by atoms with Crippen molar-refractivity contribution in [2.45, 2.75) is 56.0 Å². The van der Waals surface area contributed by atoms with Crippen LogP contribution in [0.5, 0.6) is 11.6 Å². The highest BCUT2D eigenvalue weighted by atomic mass is 19.4. The van der Waals surface area contributed by atoms with Crippen LogP contribution in [-0.2, 0) is 56.0 Å². The molecule has 0 atom stereocenters. The molecule has 0 N–H and O–H groups in total. The highest BCUT2D eigenvalue weighted by Crippen LogP contribution is 2.41. The molecule has 0 amide bonds. The number of nitro groups is 1. The summed E-state index contributed by atoms with van der Waals surface area (Å²) < 4.78 is 348. The molecule has 0 bridgehead atoms. The highest BCUT2D eigenvalue weighted by molar-refractivity contribution is 7.20. The Labute approximate surface area is 431 Å². The van der Waals surface area contributed by atoms with Crippen LogP contribution in [0.25, 0.3) is 0 Å². The van der Waals surface area contributed by atoms with Gasteiger partial charge >= 0.3 is 49.4 Å². The number of ether oxygens (including phenoxy) is 1. The van der Waals surface area contributed by atoms with Gasteiger partial charge in [-0.1, -0.05) is 84.9 Å². The van der Waals surface area contributed by atoms with Crippen LogP contribution in [0.1, 0.15) is 50.1 Å². The first-order valence-corrected chi connectivity index (χ1v) is 21.6. The van der Waals surface area contributed by atoms with Gasteiger partial charge in [-0.2, -0.15) is 132 Å². The van der Waals surface area contributed by atoms with Gasteiger partial charge in [-0.05, 0) is 30.3 Å².